The number of nitrogens with two attached hydrogens (primary N) is 3. The van der Waals surface area contributed by atoms with Gasteiger partial charge in [-0.25, -0.2) is 29.7 Å². The molecule has 0 aliphatic heterocycles. The van der Waals surface area contributed by atoms with Crippen molar-refractivity contribution >= 4 is 135 Å². The van der Waals surface area contributed by atoms with Gasteiger partial charge >= 0.3 is 6.03 Å². The van der Waals surface area contributed by atoms with Gasteiger partial charge in [0.15, 0.2) is 11.6 Å². The van der Waals surface area contributed by atoms with Crippen LogP contribution in [0.15, 0.2) is 141 Å². The van der Waals surface area contributed by atoms with Gasteiger partial charge in [0.1, 0.15) is 45.8 Å². The molecule has 12 aromatic rings. The van der Waals surface area contributed by atoms with Crippen LogP contribution in [0.4, 0.5) is 22.2 Å². The molecule has 0 fully saturated rings. The molecule has 538 valence electrons. The number of aliphatic hydroxyl groups is 2. The van der Waals surface area contributed by atoms with Crippen molar-refractivity contribution in [1.29, 1.82) is 0 Å². The summed E-state index contributed by atoms with van der Waals surface area (Å²) in [6.45, 7) is 20.6. The van der Waals surface area contributed by atoms with Crippen LogP contribution in [0.5, 0.6) is 0 Å². The number of halogens is 3. The number of rotatable bonds is 22. The molecular weight excluding hydrogens is 1380 g/mol. The average Bonchev–Trinajstić information content (AvgIpc) is 1.74. The molecule has 24 heteroatoms. The van der Waals surface area contributed by atoms with E-state index in [1.165, 1.54) is 10.9 Å². The minimum atomic E-state index is -0.565. The number of ketones is 2. The Morgan fingerprint density at radius 3 is 1.45 bits per heavy atom. The number of aromatic amines is 1. The second-order valence-electron chi connectivity index (χ2n) is 24.8. The van der Waals surface area contributed by atoms with E-state index in [-0.39, 0.29) is 30.4 Å². The second-order valence-corrected chi connectivity index (χ2v) is 26.1. The Labute approximate surface area is 624 Å². The van der Waals surface area contributed by atoms with Gasteiger partial charge in [0.2, 0.25) is 0 Å². The van der Waals surface area contributed by atoms with E-state index in [1.807, 2.05) is 54.6 Å². The van der Waals surface area contributed by atoms with Crippen LogP contribution in [-0.4, -0.2) is 165 Å². The quantitative estimate of drug-likeness (QED) is 0.0188. The molecule has 2 atom stereocenters. The summed E-state index contributed by atoms with van der Waals surface area (Å²) in [5.41, 5.74) is 26.7. The molecule has 6 aromatic carbocycles. The van der Waals surface area contributed by atoms with E-state index in [0.717, 1.165) is 84.6 Å². The highest BCUT2D eigenvalue weighted by Gasteiger charge is 2.21. The highest BCUT2D eigenvalue weighted by atomic mass is 35.5. The fourth-order valence-electron chi connectivity index (χ4n) is 12.2. The lowest BCUT2D eigenvalue weighted by molar-refractivity contribution is 0.0875. The summed E-state index contributed by atoms with van der Waals surface area (Å²) in [5.74, 6) is 19.7. The minimum Gasteiger partial charge on any atom is -0.392 e. The molecule has 0 radical (unpaired) electrons. The number of nitrogen functional groups attached to an aromatic ring is 3. The smallest absolute Gasteiger partial charge is 0.327 e. The molecule has 10 N–H and O–H groups in total. The number of fused-ring (bicyclic) bond motifs is 6. The van der Waals surface area contributed by atoms with Gasteiger partial charge in [0.05, 0.1) is 62.9 Å². The topological polar surface area (TPSA) is 302 Å². The van der Waals surface area contributed by atoms with E-state index in [9.17, 15) is 24.6 Å². The number of likely N-dealkylation sites (N-methyl/N-ethyl adjacent to an activating group) is 2. The number of benzene rings is 6. The van der Waals surface area contributed by atoms with Crippen LogP contribution in [0.2, 0.25) is 15.1 Å². The predicted octanol–water partition coefficient (Wildman–Crippen LogP) is 13.4. The highest BCUT2D eigenvalue weighted by molar-refractivity contribution is 6.32. The Morgan fingerprint density at radius 1 is 0.514 bits per heavy atom. The van der Waals surface area contributed by atoms with Gasteiger partial charge in [-0.2, -0.15) is 0 Å². The lowest BCUT2D eigenvalue weighted by atomic mass is 10.00. The standard InChI is InChI=1S/C28H28ClN5O2.C27H28ClN5O2.C26H27ClN6O/c1-3-34(4-2)17-21(35)9-12-25(36)23-11-7-18(26-27(23)32-14-13-31-26)6-10-22-24-15-20(29)8-5-19(24)16-33-28(22)30;1-3-33(4-2)15-20(34)9-12-24(35)22-11-7-17(25-26(22)32-16-31-25)6-10-21-23-13-19(28)8-5-18(23)14-30-27(21)29;1-3-32(4-2)14-6-13-29-26(34)33-17-31-24-18(7-5-8-23(24)33)10-12-21-22-15-20(27)11-9-19(22)16-30-25(21)28/h5,7-8,11,13-16,21,35H,3-4,9,12,17H2,1-2H3,(H2,30,33);5,7-8,11,13-14,16,20,34H,3-4,9,12,15H2,1-2H3,(H2,29,30)(H,31,32);5,7-9,11,15-17H,3-4,6,13-14H2,1-2H3,(H2,28,30)(H,29,34). The van der Waals surface area contributed by atoms with Crippen LogP contribution in [0.25, 0.3) is 65.4 Å². The highest BCUT2D eigenvalue weighted by Crippen LogP contribution is 2.30. The van der Waals surface area contributed by atoms with Crippen molar-refractivity contribution in [2.24, 2.45) is 0 Å². The number of aliphatic hydroxyl groups excluding tert-OH is 2. The van der Waals surface area contributed by atoms with E-state index < -0.39 is 12.2 Å². The molecule has 0 saturated carbocycles. The number of anilines is 3. The third kappa shape index (κ3) is 19.2. The van der Waals surface area contributed by atoms with Gasteiger partial charge in [-0.05, 0) is 138 Å². The Balaban J connectivity index is 0.000000169. The van der Waals surface area contributed by atoms with Gasteiger partial charge in [-0.1, -0.05) is 136 Å². The first-order chi connectivity index (χ1) is 50.8. The van der Waals surface area contributed by atoms with Gasteiger partial charge < -0.3 is 52.4 Å². The summed E-state index contributed by atoms with van der Waals surface area (Å²) < 4.78 is 1.52. The molecule has 6 aromatic heterocycles. The number of hydrogen-bond donors (Lipinski definition) is 7. The van der Waals surface area contributed by atoms with Crippen molar-refractivity contribution in [1.82, 2.24) is 64.5 Å². The van der Waals surface area contributed by atoms with Crippen molar-refractivity contribution in [3.05, 3.63) is 200 Å². The van der Waals surface area contributed by atoms with Crippen molar-refractivity contribution < 1.29 is 24.6 Å². The van der Waals surface area contributed by atoms with Gasteiger partial charge in [0.25, 0.3) is 0 Å². The molecule has 0 aliphatic carbocycles. The number of carbonyl (C=O) groups is 3. The zero-order chi connectivity index (χ0) is 74.7. The molecule has 0 spiro atoms. The summed E-state index contributed by atoms with van der Waals surface area (Å²) in [5, 5.41) is 30.6. The summed E-state index contributed by atoms with van der Waals surface area (Å²) in [6.07, 6.45) is 12.3. The van der Waals surface area contributed by atoms with E-state index in [4.69, 9.17) is 52.0 Å². The maximum atomic E-state index is 13.0. The number of nitrogens with zero attached hydrogens (tertiary/aromatic N) is 11. The number of Topliss-reactive ketones (excluding diaryl/α,β-unsaturated/α-hetero) is 2. The van der Waals surface area contributed by atoms with E-state index in [2.05, 4.69) is 137 Å². The van der Waals surface area contributed by atoms with Crippen LogP contribution in [0, 0.1) is 35.5 Å². The maximum absolute atomic E-state index is 13.0. The molecule has 6 heterocycles. The monoisotopic (exact) mass is 1460 g/mol. The molecule has 12 rings (SSSR count). The van der Waals surface area contributed by atoms with Gasteiger partial charge in [-0.3, -0.25) is 24.1 Å². The molecule has 105 heavy (non-hydrogen) atoms. The van der Waals surface area contributed by atoms with E-state index >= 15 is 0 Å². The SMILES string of the molecule is CCN(CC)CC(O)CCC(=O)c1ccc(C#Cc2c(N)ncc3ccc(Cl)cc23)c2nc[nH]c12.CCN(CC)CC(O)CCC(=O)c1ccc(C#Cc2c(N)ncc3ccc(Cl)cc23)c2nccnc12.CCN(CC)CCCNC(=O)n1cnc2c(C#Cc3c(N)ncc4ccc(Cl)cc34)cccc21. The lowest BCUT2D eigenvalue weighted by Crippen LogP contribution is -2.32. The number of H-pyrrole nitrogens is 1. The fraction of sp³-hybridized carbons (Fsp3) is 0.284. The van der Waals surface area contributed by atoms with Crippen molar-refractivity contribution in [3.8, 4) is 35.5 Å². The maximum Gasteiger partial charge on any atom is 0.327 e. The third-order valence-electron chi connectivity index (χ3n) is 18.2. The number of hydrogen-bond acceptors (Lipinski definition) is 18. The number of nitrogens with one attached hydrogen (secondary N) is 2. The van der Waals surface area contributed by atoms with Crippen molar-refractivity contribution in [3.63, 3.8) is 0 Å². The van der Waals surface area contributed by atoms with Crippen LogP contribution in [-0.2, 0) is 0 Å². The summed E-state index contributed by atoms with van der Waals surface area (Å²) in [7, 11) is 0. The Morgan fingerprint density at radius 2 is 0.962 bits per heavy atom. The van der Waals surface area contributed by atoms with Crippen molar-refractivity contribution in [2.45, 2.75) is 85.9 Å². The van der Waals surface area contributed by atoms with Crippen LogP contribution >= 0.6 is 34.8 Å². The van der Waals surface area contributed by atoms with Crippen LogP contribution < -0.4 is 22.5 Å². The fourth-order valence-corrected chi connectivity index (χ4v) is 12.7. The zero-order valence-corrected chi connectivity index (χ0v) is 61.7. The summed E-state index contributed by atoms with van der Waals surface area (Å²) >= 11 is 18.6. The number of aromatic nitrogens is 9. The van der Waals surface area contributed by atoms with Gasteiger partial charge in [0, 0.05) is 122 Å². The first kappa shape index (κ1) is 77.0. The van der Waals surface area contributed by atoms with E-state index in [1.54, 1.807) is 79.8 Å². The molecule has 1 amide bonds. The van der Waals surface area contributed by atoms with Crippen LogP contribution in [0.1, 0.15) is 128 Å². The van der Waals surface area contributed by atoms with Crippen LogP contribution in [0.3, 0.4) is 0 Å². The Hall–Kier alpha value is -10.6. The Kier molecular flexibility index (Phi) is 26.9. The first-order valence-corrected chi connectivity index (χ1v) is 36.1. The molecule has 0 aliphatic rings. The average molecular weight is 1470 g/mol. The number of imidazole rings is 2. The minimum absolute atomic E-state index is 0.0468. The lowest BCUT2D eigenvalue weighted by Gasteiger charge is -2.21. The number of pyridine rings is 3. The summed E-state index contributed by atoms with van der Waals surface area (Å²) in [6, 6.07) is 28.9. The molecule has 0 saturated heterocycles. The zero-order valence-electron chi connectivity index (χ0n) is 59.4. The number of carbonyl (C=O) groups excluding carboxylic acids is 3. The molecule has 0 bridgehead atoms. The first-order valence-electron chi connectivity index (χ1n) is 34.9. The number of para-hydroxylation sites is 1. The normalized spacial score (nSPS) is 11.8. The van der Waals surface area contributed by atoms with Gasteiger partial charge in [-0.15, -0.1) is 0 Å². The third-order valence-corrected chi connectivity index (χ3v) is 18.9. The number of amides is 1. The molecule has 21 nitrogen and oxygen atoms in total. The summed E-state index contributed by atoms with van der Waals surface area (Å²) in [4.78, 5) is 78.9. The largest absolute Gasteiger partial charge is 0.392 e. The van der Waals surface area contributed by atoms with Crippen molar-refractivity contribution in [2.75, 3.05) is 82.6 Å². The predicted molar refractivity (Wildman–Crippen MR) is 423 cm³/mol. The Bertz CT molecular complexity index is 5330. The van der Waals surface area contributed by atoms with E-state index in [0.29, 0.717) is 143 Å². The second kappa shape index (κ2) is 36.7. The molecule has 2 unspecified atom stereocenters. The molecular formula is C81H83Cl3N16O5.